The highest BCUT2D eigenvalue weighted by Crippen LogP contribution is 2.43. The van der Waals surface area contributed by atoms with Crippen LogP contribution in [0.2, 0.25) is 0 Å². The molecule has 0 amide bonds. The minimum Gasteiger partial charge on any atom is -0.462 e. The Labute approximate surface area is 320 Å². The molecule has 2 unspecified atom stereocenters. The molecule has 0 spiro atoms. The molecule has 0 bridgehead atoms. The van der Waals surface area contributed by atoms with Gasteiger partial charge in [-0.15, -0.1) is 0 Å². The Morgan fingerprint density at radius 1 is 0.577 bits per heavy atom. The highest BCUT2D eigenvalue weighted by atomic mass is 31.2. The van der Waals surface area contributed by atoms with Gasteiger partial charge in [0.05, 0.1) is 27.7 Å². The molecule has 0 aliphatic heterocycles. The van der Waals surface area contributed by atoms with E-state index in [9.17, 15) is 19.0 Å². The number of hydrogen-bond donors (Lipinski definition) is 1. The molecule has 52 heavy (non-hydrogen) atoms. The lowest BCUT2D eigenvalue weighted by atomic mass is 10.0. The first-order valence-electron chi connectivity index (χ1n) is 21.4. The zero-order valence-electron chi connectivity index (χ0n) is 34.6. The van der Waals surface area contributed by atoms with E-state index < -0.39 is 26.5 Å². The summed E-state index contributed by atoms with van der Waals surface area (Å²) in [5.41, 5.74) is 0. The maximum atomic E-state index is 12.6. The van der Waals surface area contributed by atoms with Crippen molar-refractivity contribution in [3.05, 3.63) is 12.2 Å². The Bertz CT molecular complexity index is 907. The van der Waals surface area contributed by atoms with Gasteiger partial charge in [-0.2, -0.15) is 0 Å². The molecule has 0 aromatic carbocycles. The van der Waals surface area contributed by atoms with Crippen LogP contribution in [0.15, 0.2) is 12.2 Å². The fraction of sp³-hybridized carbons (Fsp3) is 0.905. The molecule has 10 heteroatoms. The van der Waals surface area contributed by atoms with Gasteiger partial charge < -0.3 is 18.9 Å². The van der Waals surface area contributed by atoms with E-state index in [4.69, 9.17) is 18.5 Å². The summed E-state index contributed by atoms with van der Waals surface area (Å²) in [4.78, 5) is 35.3. The van der Waals surface area contributed by atoms with E-state index in [0.29, 0.717) is 17.4 Å². The van der Waals surface area contributed by atoms with Crippen molar-refractivity contribution >= 4 is 19.8 Å². The van der Waals surface area contributed by atoms with Gasteiger partial charge in [0.25, 0.3) is 0 Å². The summed E-state index contributed by atoms with van der Waals surface area (Å²) >= 11 is 0. The third-order valence-corrected chi connectivity index (χ3v) is 10.3. The molecule has 2 atom stereocenters. The predicted molar refractivity (Wildman–Crippen MR) is 215 cm³/mol. The highest BCUT2D eigenvalue weighted by molar-refractivity contribution is 7.47. The Balaban J connectivity index is 4.37. The summed E-state index contributed by atoms with van der Waals surface area (Å²) in [6.07, 6.45) is 35.3. The average molecular weight is 761 g/mol. The van der Waals surface area contributed by atoms with E-state index in [1.165, 1.54) is 109 Å². The molecule has 308 valence electrons. The molecule has 0 saturated carbocycles. The molecule has 0 radical (unpaired) electrons. The molecule has 0 aromatic heterocycles. The summed E-state index contributed by atoms with van der Waals surface area (Å²) in [5, 5.41) is 0. The lowest BCUT2D eigenvalue weighted by molar-refractivity contribution is -0.870. The normalized spacial score (nSPS) is 13.7. The van der Waals surface area contributed by atoms with Crippen molar-refractivity contribution in [2.24, 2.45) is 0 Å². The fourth-order valence-electron chi connectivity index (χ4n) is 5.89. The molecule has 0 heterocycles. The Kier molecular flexibility index (Phi) is 34.6. The Morgan fingerprint density at radius 2 is 0.981 bits per heavy atom. The molecular weight excluding hydrogens is 677 g/mol. The smallest absolute Gasteiger partial charge is 0.462 e. The van der Waals surface area contributed by atoms with Crippen LogP contribution in [0.1, 0.15) is 194 Å². The van der Waals surface area contributed by atoms with E-state index in [2.05, 4.69) is 26.0 Å². The van der Waals surface area contributed by atoms with Crippen LogP contribution >= 0.6 is 7.82 Å². The number of carbonyl (C=O) groups is 2. The first-order valence-corrected chi connectivity index (χ1v) is 22.9. The van der Waals surface area contributed by atoms with Crippen LogP contribution in [-0.2, 0) is 32.7 Å². The van der Waals surface area contributed by atoms with Gasteiger partial charge >= 0.3 is 19.8 Å². The van der Waals surface area contributed by atoms with Gasteiger partial charge in [-0.05, 0) is 38.5 Å². The third kappa shape index (κ3) is 38.5. The van der Waals surface area contributed by atoms with Gasteiger partial charge in [0.1, 0.15) is 19.8 Å². The van der Waals surface area contributed by atoms with Gasteiger partial charge in [0.15, 0.2) is 6.10 Å². The lowest BCUT2D eigenvalue weighted by Crippen LogP contribution is -2.37. The quantitative estimate of drug-likeness (QED) is 0.0217. The summed E-state index contributed by atoms with van der Waals surface area (Å²) in [6.45, 7) is 4.42. The van der Waals surface area contributed by atoms with Gasteiger partial charge in [0, 0.05) is 12.8 Å². The van der Waals surface area contributed by atoms with Crippen molar-refractivity contribution in [3.63, 3.8) is 0 Å². The molecule has 0 aliphatic carbocycles. The van der Waals surface area contributed by atoms with E-state index in [1.807, 2.05) is 21.1 Å². The van der Waals surface area contributed by atoms with Gasteiger partial charge in [-0.1, -0.05) is 154 Å². The second-order valence-electron chi connectivity index (χ2n) is 15.7. The fourth-order valence-corrected chi connectivity index (χ4v) is 6.63. The maximum Gasteiger partial charge on any atom is 0.472 e. The molecule has 0 fully saturated rings. The molecule has 9 nitrogen and oxygen atoms in total. The largest absolute Gasteiger partial charge is 0.472 e. The van der Waals surface area contributed by atoms with Gasteiger partial charge in [-0.25, -0.2) is 4.57 Å². The van der Waals surface area contributed by atoms with Crippen molar-refractivity contribution in [2.75, 3.05) is 47.5 Å². The predicted octanol–water partition coefficient (Wildman–Crippen LogP) is 11.8. The van der Waals surface area contributed by atoms with Crippen LogP contribution < -0.4 is 0 Å². The molecule has 0 saturated heterocycles. The standard InChI is InChI=1S/C42H82NO8P/c1-6-8-10-12-14-16-18-20-21-23-24-26-28-30-32-34-41(44)48-38-40(39-50-52(46,47)49-37-36-43(3,4)5)51-42(45)35-33-31-29-27-25-22-19-17-15-13-11-9-7-2/h20-21,40H,6-19,22-39H2,1-5H3/p+1. The van der Waals surface area contributed by atoms with Crippen molar-refractivity contribution in [3.8, 4) is 0 Å². The van der Waals surface area contributed by atoms with Crippen molar-refractivity contribution < 1.29 is 42.1 Å². The lowest BCUT2D eigenvalue weighted by Gasteiger charge is -2.24. The monoisotopic (exact) mass is 761 g/mol. The number of nitrogens with zero attached hydrogens (tertiary/aromatic N) is 1. The van der Waals surface area contributed by atoms with Crippen LogP contribution in [0.25, 0.3) is 0 Å². The van der Waals surface area contributed by atoms with Crippen molar-refractivity contribution in [1.82, 2.24) is 0 Å². The minimum absolute atomic E-state index is 0.0335. The van der Waals surface area contributed by atoms with Crippen molar-refractivity contribution in [2.45, 2.75) is 200 Å². The van der Waals surface area contributed by atoms with Crippen LogP contribution in [0, 0.1) is 0 Å². The highest BCUT2D eigenvalue weighted by Gasteiger charge is 2.27. The first-order chi connectivity index (χ1) is 25.0. The van der Waals surface area contributed by atoms with Gasteiger partial charge in [0.2, 0.25) is 0 Å². The molecule has 0 rings (SSSR count). The number of unbranched alkanes of at least 4 members (excludes halogenated alkanes) is 23. The summed E-state index contributed by atoms with van der Waals surface area (Å²) in [7, 11) is 1.48. The molecule has 0 aliphatic rings. The summed E-state index contributed by atoms with van der Waals surface area (Å²) < 4.78 is 34.3. The Morgan fingerprint density at radius 3 is 1.42 bits per heavy atom. The first kappa shape index (κ1) is 50.8. The third-order valence-electron chi connectivity index (χ3n) is 9.30. The van der Waals surface area contributed by atoms with E-state index >= 15 is 0 Å². The minimum atomic E-state index is -4.37. The number of allylic oxidation sites excluding steroid dienone is 2. The van der Waals surface area contributed by atoms with Crippen LogP contribution in [0.4, 0.5) is 0 Å². The van der Waals surface area contributed by atoms with Gasteiger partial charge in [-0.3, -0.25) is 18.6 Å². The average Bonchev–Trinajstić information content (AvgIpc) is 3.09. The number of quaternary nitrogens is 1. The number of likely N-dealkylation sites (N-methyl/N-ethyl adjacent to an activating group) is 1. The number of phosphoric acid groups is 1. The van der Waals surface area contributed by atoms with Crippen LogP contribution in [-0.4, -0.2) is 74.9 Å². The number of hydrogen-bond acceptors (Lipinski definition) is 7. The topological polar surface area (TPSA) is 108 Å². The number of ether oxygens (including phenoxy) is 2. The van der Waals surface area contributed by atoms with Crippen molar-refractivity contribution in [1.29, 1.82) is 0 Å². The maximum absolute atomic E-state index is 12.6. The summed E-state index contributed by atoms with van der Waals surface area (Å²) in [5.74, 6) is -0.801. The number of phosphoric ester groups is 1. The Hall–Kier alpha value is -1.25. The molecular formula is C42H83NO8P+. The molecule has 1 N–H and O–H groups in total. The number of rotatable bonds is 39. The zero-order valence-corrected chi connectivity index (χ0v) is 35.5. The van der Waals surface area contributed by atoms with E-state index in [0.717, 1.165) is 51.4 Å². The summed E-state index contributed by atoms with van der Waals surface area (Å²) in [6, 6.07) is 0. The SMILES string of the molecule is CCCCCCCCC=CCCCCCCCC(=O)OCC(COP(=O)(O)OCC[N+](C)(C)C)OC(=O)CCCCCCCCCCCCCCC. The second-order valence-corrected chi connectivity index (χ2v) is 17.2. The van der Waals surface area contributed by atoms with E-state index in [1.54, 1.807) is 0 Å². The van der Waals surface area contributed by atoms with Crippen LogP contribution in [0.3, 0.4) is 0 Å². The zero-order chi connectivity index (χ0) is 38.6. The van der Waals surface area contributed by atoms with Crippen LogP contribution in [0.5, 0.6) is 0 Å². The molecule has 0 aromatic rings. The van der Waals surface area contributed by atoms with E-state index in [-0.39, 0.29) is 32.0 Å². The number of esters is 2. The second kappa shape index (κ2) is 35.5. The number of carbonyl (C=O) groups excluding carboxylic acids is 2.